The van der Waals surface area contributed by atoms with Crippen molar-refractivity contribution in [2.24, 2.45) is 5.41 Å². The molecular formula is C15H17N5O2S. The summed E-state index contributed by atoms with van der Waals surface area (Å²) in [5, 5.41) is 10.7. The van der Waals surface area contributed by atoms with E-state index in [4.69, 9.17) is 5.21 Å². The zero-order valence-electron chi connectivity index (χ0n) is 12.5. The normalized spacial score (nSPS) is 19.3. The second kappa shape index (κ2) is 5.55. The van der Waals surface area contributed by atoms with Crippen LogP contribution < -0.4 is 10.4 Å². The molecule has 0 bridgehead atoms. The van der Waals surface area contributed by atoms with Crippen LogP contribution in [0.5, 0.6) is 0 Å². The minimum Gasteiger partial charge on any atom is -0.339 e. The number of rotatable bonds is 4. The minimum atomic E-state index is -0.597. The van der Waals surface area contributed by atoms with Gasteiger partial charge in [0.15, 0.2) is 0 Å². The van der Waals surface area contributed by atoms with Gasteiger partial charge < -0.3 is 4.90 Å². The number of hydrogen-bond donors (Lipinski definition) is 2. The monoisotopic (exact) mass is 331 g/mol. The lowest BCUT2D eigenvalue weighted by molar-refractivity contribution is -0.0274. The Hall–Kier alpha value is -2.03. The molecule has 23 heavy (non-hydrogen) atoms. The van der Waals surface area contributed by atoms with Crippen LogP contribution in [0.3, 0.4) is 0 Å². The molecule has 2 saturated heterocycles. The maximum absolute atomic E-state index is 11.2. The Morgan fingerprint density at radius 1 is 1.30 bits per heavy atom. The third-order valence-corrected chi connectivity index (χ3v) is 5.28. The SMILES string of the molecule is O=C(NO)c1cnc(N2CC3(CN(Cc4cccs4)C3)C2)nc1. The van der Waals surface area contributed by atoms with Crippen LogP contribution >= 0.6 is 11.3 Å². The van der Waals surface area contributed by atoms with Crippen LogP contribution in [0, 0.1) is 5.41 Å². The van der Waals surface area contributed by atoms with E-state index in [1.54, 1.807) is 16.8 Å². The molecule has 2 aliphatic rings. The number of nitrogens with one attached hydrogen (secondary N) is 1. The third-order valence-electron chi connectivity index (χ3n) is 4.41. The third kappa shape index (κ3) is 2.69. The first kappa shape index (κ1) is 14.6. The lowest BCUT2D eigenvalue weighted by Gasteiger charge is -2.60. The zero-order valence-corrected chi connectivity index (χ0v) is 13.3. The molecule has 0 radical (unpaired) electrons. The van der Waals surface area contributed by atoms with Gasteiger partial charge in [0, 0.05) is 55.4 Å². The molecule has 2 aromatic heterocycles. The number of amides is 1. The van der Waals surface area contributed by atoms with Crippen molar-refractivity contribution in [2.45, 2.75) is 6.54 Å². The molecule has 0 aliphatic carbocycles. The summed E-state index contributed by atoms with van der Waals surface area (Å²) in [4.78, 5) is 25.7. The molecule has 0 unspecified atom stereocenters. The average molecular weight is 331 g/mol. The molecule has 2 aliphatic heterocycles. The highest BCUT2D eigenvalue weighted by Gasteiger charge is 2.52. The van der Waals surface area contributed by atoms with E-state index in [0.717, 1.165) is 32.7 Å². The molecule has 4 rings (SSSR count). The van der Waals surface area contributed by atoms with E-state index >= 15 is 0 Å². The lowest BCUT2D eigenvalue weighted by atomic mass is 9.73. The fraction of sp³-hybridized carbons (Fsp3) is 0.400. The van der Waals surface area contributed by atoms with E-state index in [9.17, 15) is 4.79 Å². The predicted octanol–water partition coefficient (Wildman–Crippen LogP) is 0.979. The molecule has 1 spiro atoms. The summed E-state index contributed by atoms with van der Waals surface area (Å²) in [7, 11) is 0. The standard InChI is InChI=1S/C15H17N5O2S/c21-13(18-22)11-4-16-14(17-5-11)20-9-15(10-20)7-19(8-15)6-12-2-1-3-23-12/h1-5,22H,6-10H2,(H,18,21). The molecule has 2 N–H and O–H groups in total. The molecule has 7 nitrogen and oxygen atoms in total. The summed E-state index contributed by atoms with van der Waals surface area (Å²) < 4.78 is 0. The average Bonchev–Trinajstić information content (AvgIpc) is 3.01. The highest BCUT2D eigenvalue weighted by molar-refractivity contribution is 7.09. The van der Waals surface area contributed by atoms with Gasteiger partial charge in [-0.15, -0.1) is 11.3 Å². The molecule has 2 aromatic rings. The summed E-state index contributed by atoms with van der Waals surface area (Å²) in [6, 6.07) is 4.28. The van der Waals surface area contributed by atoms with Crippen molar-refractivity contribution in [1.29, 1.82) is 0 Å². The van der Waals surface area contributed by atoms with Gasteiger partial charge in [-0.25, -0.2) is 15.4 Å². The van der Waals surface area contributed by atoms with Crippen LogP contribution in [0.1, 0.15) is 15.2 Å². The number of aromatic nitrogens is 2. The number of hydrogen-bond acceptors (Lipinski definition) is 7. The largest absolute Gasteiger partial charge is 0.339 e. The van der Waals surface area contributed by atoms with Gasteiger partial charge in [0.05, 0.1) is 5.56 Å². The summed E-state index contributed by atoms with van der Waals surface area (Å²) >= 11 is 1.81. The zero-order chi connectivity index (χ0) is 15.9. The van der Waals surface area contributed by atoms with Gasteiger partial charge in [0.1, 0.15) is 0 Å². The molecule has 120 valence electrons. The fourth-order valence-corrected chi connectivity index (χ4v) is 4.15. The van der Waals surface area contributed by atoms with Gasteiger partial charge in [-0.3, -0.25) is 14.9 Å². The number of nitrogens with zero attached hydrogens (tertiary/aromatic N) is 4. The Kier molecular flexibility index (Phi) is 3.51. The van der Waals surface area contributed by atoms with Crippen molar-refractivity contribution in [3.63, 3.8) is 0 Å². The molecule has 1 amide bonds. The van der Waals surface area contributed by atoms with Crippen molar-refractivity contribution < 1.29 is 10.0 Å². The van der Waals surface area contributed by atoms with Crippen LogP contribution in [0.15, 0.2) is 29.9 Å². The topological polar surface area (TPSA) is 81.6 Å². The van der Waals surface area contributed by atoms with Crippen LogP contribution in [0.25, 0.3) is 0 Å². The van der Waals surface area contributed by atoms with Gasteiger partial charge in [-0.2, -0.15) is 0 Å². The van der Waals surface area contributed by atoms with Crippen molar-refractivity contribution in [1.82, 2.24) is 20.3 Å². The van der Waals surface area contributed by atoms with Crippen molar-refractivity contribution in [3.8, 4) is 0 Å². The Bertz CT molecular complexity index is 689. The van der Waals surface area contributed by atoms with Gasteiger partial charge in [-0.05, 0) is 11.4 Å². The molecule has 0 atom stereocenters. The van der Waals surface area contributed by atoms with Crippen LogP contribution in [-0.4, -0.2) is 52.2 Å². The Balaban J connectivity index is 1.29. The van der Waals surface area contributed by atoms with E-state index in [0.29, 0.717) is 11.4 Å². The molecule has 2 fully saturated rings. The minimum absolute atomic E-state index is 0.247. The molecule has 0 aromatic carbocycles. The summed E-state index contributed by atoms with van der Waals surface area (Å²) in [6.07, 6.45) is 2.87. The van der Waals surface area contributed by atoms with Gasteiger partial charge in [0.2, 0.25) is 5.95 Å². The van der Waals surface area contributed by atoms with E-state index in [-0.39, 0.29) is 5.56 Å². The number of likely N-dealkylation sites (tertiary alicyclic amines) is 1. The van der Waals surface area contributed by atoms with Gasteiger partial charge in [-0.1, -0.05) is 6.07 Å². The van der Waals surface area contributed by atoms with Gasteiger partial charge in [0.25, 0.3) is 5.91 Å². The van der Waals surface area contributed by atoms with Crippen LogP contribution in [0.4, 0.5) is 5.95 Å². The number of hydroxylamine groups is 1. The number of thiophene rings is 1. The first-order chi connectivity index (χ1) is 11.2. The van der Waals surface area contributed by atoms with Crippen LogP contribution in [-0.2, 0) is 6.54 Å². The first-order valence-electron chi connectivity index (χ1n) is 7.44. The van der Waals surface area contributed by atoms with Crippen molar-refractivity contribution >= 4 is 23.2 Å². The molecule has 4 heterocycles. The summed E-state index contributed by atoms with van der Waals surface area (Å²) in [5.41, 5.74) is 2.20. The van der Waals surface area contributed by atoms with Gasteiger partial charge >= 0.3 is 0 Å². The Morgan fingerprint density at radius 3 is 2.65 bits per heavy atom. The first-order valence-corrected chi connectivity index (χ1v) is 8.32. The second-order valence-electron chi connectivity index (χ2n) is 6.29. The van der Waals surface area contributed by atoms with Crippen LogP contribution in [0.2, 0.25) is 0 Å². The highest BCUT2D eigenvalue weighted by Crippen LogP contribution is 2.41. The molecule has 8 heteroatoms. The van der Waals surface area contributed by atoms with E-state index in [2.05, 4.69) is 37.3 Å². The highest BCUT2D eigenvalue weighted by atomic mass is 32.1. The summed E-state index contributed by atoms with van der Waals surface area (Å²) in [6.45, 7) is 5.19. The Labute approximate surface area is 137 Å². The Morgan fingerprint density at radius 2 is 2.04 bits per heavy atom. The maximum atomic E-state index is 11.2. The number of carbonyl (C=O) groups is 1. The molecule has 0 saturated carbocycles. The maximum Gasteiger partial charge on any atom is 0.277 e. The van der Waals surface area contributed by atoms with E-state index in [1.807, 2.05) is 0 Å². The second-order valence-corrected chi connectivity index (χ2v) is 7.33. The predicted molar refractivity (Wildman–Crippen MR) is 85.5 cm³/mol. The summed E-state index contributed by atoms with van der Waals surface area (Å²) in [5.74, 6) is 0.0432. The smallest absolute Gasteiger partial charge is 0.277 e. The lowest BCUT2D eigenvalue weighted by Crippen LogP contribution is -2.72. The van der Waals surface area contributed by atoms with Crippen molar-refractivity contribution in [2.75, 3.05) is 31.1 Å². The van der Waals surface area contributed by atoms with E-state index < -0.39 is 5.91 Å². The number of anilines is 1. The fourth-order valence-electron chi connectivity index (χ4n) is 3.41. The molecular weight excluding hydrogens is 314 g/mol. The quantitative estimate of drug-likeness (QED) is 0.642. The van der Waals surface area contributed by atoms with Crippen molar-refractivity contribution in [3.05, 3.63) is 40.3 Å². The number of carbonyl (C=O) groups excluding carboxylic acids is 1. The van der Waals surface area contributed by atoms with E-state index in [1.165, 1.54) is 17.3 Å².